The van der Waals surface area contributed by atoms with Gasteiger partial charge in [-0.15, -0.1) is 0 Å². The first-order chi connectivity index (χ1) is 15.9. The first-order valence-corrected chi connectivity index (χ1v) is 10.9. The lowest BCUT2D eigenvalue weighted by atomic mass is 10.1. The topological polar surface area (TPSA) is 100 Å². The standard InChI is InChI=1S/C24H33FN2O6/c1-4-5-6-11-33-23-13-19(8-10-22(23)32-3)26-24(30)27(15-20(29)16-28)14-17-12-18(25)7-9-21(17)31-2/h7-10,12-13,20,28-29H,4-6,11,14-16H2,1-3H3,(H,26,30). The minimum atomic E-state index is -1.16. The molecule has 0 aliphatic carbocycles. The first kappa shape index (κ1) is 26.2. The van der Waals surface area contributed by atoms with Crippen LogP contribution in [0.1, 0.15) is 31.7 Å². The minimum Gasteiger partial charge on any atom is -0.496 e. The van der Waals surface area contributed by atoms with Crippen LogP contribution in [-0.2, 0) is 6.54 Å². The van der Waals surface area contributed by atoms with Gasteiger partial charge in [-0.3, -0.25) is 0 Å². The van der Waals surface area contributed by atoms with Crippen molar-refractivity contribution >= 4 is 11.7 Å². The first-order valence-electron chi connectivity index (χ1n) is 10.9. The summed E-state index contributed by atoms with van der Waals surface area (Å²) in [6.07, 6.45) is 1.86. The molecular formula is C24H33FN2O6. The van der Waals surface area contributed by atoms with Crippen molar-refractivity contribution in [2.45, 2.75) is 38.8 Å². The average molecular weight is 465 g/mol. The number of carbonyl (C=O) groups is 1. The maximum absolute atomic E-state index is 13.8. The van der Waals surface area contributed by atoms with E-state index in [9.17, 15) is 19.4 Å². The highest BCUT2D eigenvalue weighted by molar-refractivity contribution is 5.89. The number of hydrogen-bond acceptors (Lipinski definition) is 6. The molecule has 0 fully saturated rings. The molecule has 0 bridgehead atoms. The molecule has 2 amide bonds. The minimum absolute atomic E-state index is 0.0413. The molecule has 0 aliphatic rings. The van der Waals surface area contributed by atoms with Gasteiger partial charge in [-0.05, 0) is 36.8 Å². The number of methoxy groups -OCH3 is 2. The van der Waals surface area contributed by atoms with Gasteiger partial charge in [0.05, 0.1) is 46.6 Å². The third-order valence-corrected chi connectivity index (χ3v) is 4.95. The van der Waals surface area contributed by atoms with E-state index in [0.29, 0.717) is 35.1 Å². The molecule has 9 heteroatoms. The molecule has 0 saturated heterocycles. The number of hydrogen-bond donors (Lipinski definition) is 3. The number of rotatable bonds is 13. The van der Waals surface area contributed by atoms with Gasteiger partial charge in [-0.25, -0.2) is 9.18 Å². The molecular weight excluding hydrogens is 431 g/mol. The van der Waals surface area contributed by atoms with Gasteiger partial charge in [-0.2, -0.15) is 0 Å². The van der Waals surface area contributed by atoms with Crippen molar-refractivity contribution < 1.29 is 33.6 Å². The molecule has 2 aromatic carbocycles. The Labute approximate surface area is 193 Å². The smallest absolute Gasteiger partial charge is 0.322 e. The summed E-state index contributed by atoms with van der Waals surface area (Å²) < 4.78 is 30.2. The lowest BCUT2D eigenvalue weighted by molar-refractivity contribution is 0.0678. The third kappa shape index (κ3) is 8.11. The van der Waals surface area contributed by atoms with Crippen LogP contribution in [0.4, 0.5) is 14.9 Å². The highest BCUT2D eigenvalue weighted by Gasteiger charge is 2.20. The number of ether oxygens (including phenoxy) is 3. The van der Waals surface area contributed by atoms with E-state index in [2.05, 4.69) is 12.2 Å². The molecule has 182 valence electrons. The number of amides is 2. The summed E-state index contributed by atoms with van der Waals surface area (Å²) in [5, 5.41) is 22.0. The SMILES string of the molecule is CCCCCOc1cc(NC(=O)N(Cc2cc(F)ccc2OC)CC(O)CO)ccc1OC. The van der Waals surface area contributed by atoms with Crippen LogP contribution in [0.15, 0.2) is 36.4 Å². The Morgan fingerprint density at radius 3 is 2.48 bits per heavy atom. The Hall–Kier alpha value is -3.04. The molecule has 0 aromatic heterocycles. The Kier molecular flexibility index (Phi) is 10.7. The van der Waals surface area contributed by atoms with E-state index >= 15 is 0 Å². The van der Waals surface area contributed by atoms with Crippen LogP contribution in [0.5, 0.6) is 17.2 Å². The summed E-state index contributed by atoms with van der Waals surface area (Å²) in [7, 11) is 2.99. The van der Waals surface area contributed by atoms with Gasteiger partial charge in [0.15, 0.2) is 11.5 Å². The summed E-state index contributed by atoms with van der Waals surface area (Å²) in [4.78, 5) is 14.3. The van der Waals surface area contributed by atoms with E-state index in [-0.39, 0.29) is 13.1 Å². The van der Waals surface area contributed by atoms with Crippen molar-refractivity contribution in [3.05, 3.63) is 47.8 Å². The predicted octanol–water partition coefficient (Wildman–Crippen LogP) is 3.80. The zero-order chi connectivity index (χ0) is 24.2. The normalized spacial score (nSPS) is 11.6. The van der Waals surface area contributed by atoms with E-state index in [1.807, 2.05) is 0 Å². The molecule has 8 nitrogen and oxygen atoms in total. The molecule has 0 heterocycles. The van der Waals surface area contributed by atoms with E-state index in [1.165, 1.54) is 37.3 Å². The number of halogens is 1. The summed E-state index contributed by atoms with van der Waals surface area (Å²) in [5.41, 5.74) is 0.883. The molecule has 3 N–H and O–H groups in total. The van der Waals surface area contributed by atoms with Crippen LogP contribution in [0.3, 0.4) is 0 Å². The van der Waals surface area contributed by atoms with Crippen LogP contribution in [-0.4, -0.2) is 61.2 Å². The second-order valence-corrected chi connectivity index (χ2v) is 7.52. The number of anilines is 1. The highest BCUT2D eigenvalue weighted by Crippen LogP contribution is 2.31. The Bertz CT molecular complexity index is 895. The fourth-order valence-electron chi connectivity index (χ4n) is 3.21. The summed E-state index contributed by atoms with van der Waals surface area (Å²) in [5.74, 6) is 0.968. The van der Waals surface area contributed by atoms with Crippen LogP contribution in [0.25, 0.3) is 0 Å². The maximum Gasteiger partial charge on any atom is 0.322 e. The summed E-state index contributed by atoms with van der Waals surface area (Å²) in [6.45, 7) is 1.90. The van der Waals surface area contributed by atoms with Crippen LogP contribution in [0, 0.1) is 5.82 Å². The summed E-state index contributed by atoms with van der Waals surface area (Å²) >= 11 is 0. The quantitative estimate of drug-likeness (QED) is 0.390. The second-order valence-electron chi connectivity index (χ2n) is 7.52. The van der Waals surface area contributed by atoms with Crippen molar-refractivity contribution in [1.82, 2.24) is 4.90 Å². The van der Waals surface area contributed by atoms with Crippen LogP contribution >= 0.6 is 0 Å². The Morgan fingerprint density at radius 1 is 1.09 bits per heavy atom. The molecule has 1 unspecified atom stereocenters. The van der Waals surface area contributed by atoms with E-state index in [4.69, 9.17) is 14.2 Å². The van der Waals surface area contributed by atoms with Crippen molar-refractivity contribution in [3.63, 3.8) is 0 Å². The number of nitrogens with one attached hydrogen (secondary N) is 1. The molecule has 0 saturated carbocycles. The van der Waals surface area contributed by atoms with Crippen molar-refractivity contribution in [3.8, 4) is 17.2 Å². The third-order valence-electron chi connectivity index (χ3n) is 4.95. The lowest BCUT2D eigenvalue weighted by Crippen LogP contribution is -2.41. The molecule has 0 radical (unpaired) electrons. The lowest BCUT2D eigenvalue weighted by Gasteiger charge is -2.26. The fourth-order valence-corrected chi connectivity index (χ4v) is 3.21. The zero-order valence-electron chi connectivity index (χ0n) is 19.3. The largest absolute Gasteiger partial charge is 0.496 e. The molecule has 2 rings (SSSR count). The Balaban J connectivity index is 2.20. The number of aliphatic hydroxyl groups is 2. The van der Waals surface area contributed by atoms with E-state index in [0.717, 1.165) is 19.3 Å². The van der Waals surface area contributed by atoms with Crippen molar-refractivity contribution in [2.24, 2.45) is 0 Å². The van der Waals surface area contributed by atoms with E-state index in [1.54, 1.807) is 18.2 Å². The van der Waals surface area contributed by atoms with Crippen molar-refractivity contribution in [1.29, 1.82) is 0 Å². The van der Waals surface area contributed by atoms with Crippen LogP contribution < -0.4 is 19.5 Å². The molecule has 2 aromatic rings. The van der Waals surface area contributed by atoms with Gasteiger partial charge in [0, 0.05) is 17.3 Å². The van der Waals surface area contributed by atoms with Gasteiger partial charge in [-0.1, -0.05) is 19.8 Å². The van der Waals surface area contributed by atoms with Gasteiger partial charge < -0.3 is 34.6 Å². The monoisotopic (exact) mass is 464 g/mol. The van der Waals surface area contributed by atoms with Crippen LogP contribution in [0.2, 0.25) is 0 Å². The maximum atomic E-state index is 13.8. The highest BCUT2D eigenvalue weighted by atomic mass is 19.1. The number of unbranched alkanes of at least 4 members (excludes halogenated alkanes) is 2. The van der Waals surface area contributed by atoms with Crippen molar-refractivity contribution in [2.75, 3.05) is 39.3 Å². The van der Waals surface area contributed by atoms with E-state index < -0.39 is 24.6 Å². The van der Waals surface area contributed by atoms with Gasteiger partial charge in [0.2, 0.25) is 0 Å². The summed E-state index contributed by atoms with van der Waals surface area (Å²) in [6, 6.07) is 8.46. The molecule has 1 atom stereocenters. The Morgan fingerprint density at radius 2 is 1.82 bits per heavy atom. The number of carbonyl (C=O) groups excluding carboxylic acids is 1. The predicted molar refractivity (Wildman–Crippen MR) is 123 cm³/mol. The zero-order valence-corrected chi connectivity index (χ0v) is 19.3. The molecule has 33 heavy (non-hydrogen) atoms. The number of nitrogens with zero attached hydrogens (tertiary/aromatic N) is 1. The number of benzene rings is 2. The second kappa shape index (κ2) is 13.5. The van der Waals surface area contributed by atoms with Gasteiger partial charge >= 0.3 is 6.03 Å². The number of urea groups is 1. The molecule has 0 spiro atoms. The average Bonchev–Trinajstić information content (AvgIpc) is 2.81. The van der Waals surface area contributed by atoms with Gasteiger partial charge in [0.25, 0.3) is 0 Å². The fraction of sp³-hybridized carbons (Fsp3) is 0.458. The molecule has 0 aliphatic heterocycles. The van der Waals surface area contributed by atoms with Gasteiger partial charge in [0.1, 0.15) is 11.6 Å². The number of aliphatic hydroxyl groups excluding tert-OH is 2.